The minimum Gasteiger partial charge on any atom is -0.493 e. The van der Waals surface area contributed by atoms with E-state index in [1.165, 1.54) is 97.1 Å². The van der Waals surface area contributed by atoms with E-state index < -0.39 is 43.3 Å². The molecular formula is C68H64N8O16. The van der Waals surface area contributed by atoms with E-state index in [9.17, 15) is 59.6 Å². The molecule has 1 aliphatic carbocycles. The highest BCUT2D eigenvalue weighted by Gasteiger charge is 2.27. The number of anilines is 4. The van der Waals surface area contributed by atoms with Gasteiger partial charge >= 0.3 is 0 Å². The van der Waals surface area contributed by atoms with Crippen LogP contribution >= 0.6 is 0 Å². The van der Waals surface area contributed by atoms with Crippen LogP contribution in [0.1, 0.15) is 139 Å². The smallest absolute Gasteiger partial charge is 0.269 e. The van der Waals surface area contributed by atoms with E-state index in [0.717, 1.165) is 0 Å². The van der Waals surface area contributed by atoms with Gasteiger partial charge in [-0.15, -0.1) is 0 Å². The molecule has 0 fully saturated rings. The van der Waals surface area contributed by atoms with Crippen molar-refractivity contribution in [2.45, 2.75) is 79.1 Å². The third kappa shape index (κ3) is 15.8. The molecule has 0 radical (unpaired) electrons. The number of amides is 4. The summed E-state index contributed by atoms with van der Waals surface area (Å²) in [5.41, 5.74) is 4.96. The molecule has 0 aliphatic heterocycles. The Morgan fingerprint density at radius 3 is 0.620 bits per heavy atom. The molecule has 0 spiro atoms. The zero-order valence-electron chi connectivity index (χ0n) is 50.7. The third-order valence-corrected chi connectivity index (χ3v) is 14.7. The van der Waals surface area contributed by atoms with E-state index in [4.69, 9.17) is 18.9 Å². The average Bonchev–Trinajstić information content (AvgIpc) is 0.852. The summed E-state index contributed by atoms with van der Waals surface area (Å²) < 4.78 is 27.2. The quantitative estimate of drug-likeness (QED) is 0.0323. The number of fused-ring (bicyclic) bond motifs is 8. The fraction of sp³-hybridized carbons (Fsp3) is 0.235. The molecule has 0 unspecified atom stereocenters. The van der Waals surface area contributed by atoms with Crippen LogP contribution in [0.3, 0.4) is 0 Å². The number of hydrogen-bond acceptors (Lipinski definition) is 16. The van der Waals surface area contributed by atoms with E-state index in [1.807, 2.05) is 27.7 Å². The van der Waals surface area contributed by atoms with Gasteiger partial charge in [0.25, 0.3) is 46.4 Å². The molecule has 9 rings (SSSR count). The Kier molecular flexibility index (Phi) is 20.9. The Bertz CT molecular complexity index is 3510. The van der Waals surface area contributed by atoms with Crippen LogP contribution < -0.4 is 40.2 Å². The maximum atomic E-state index is 14.3. The van der Waals surface area contributed by atoms with Crippen LogP contribution in [0.5, 0.6) is 23.0 Å². The van der Waals surface area contributed by atoms with Crippen molar-refractivity contribution in [3.05, 3.63) is 253 Å². The maximum Gasteiger partial charge on any atom is 0.269 e. The van der Waals surface area contributed by atoms with Gasteiger partial charge in [0, 0.05) is 164 Å². The lowest BCUT2D eigenvalue weighted by Gasteiger charge is -2.25. The second-order valence-electron chi connectivity index (χ2n) is 21.6. The number of nitrogens with zero attached hydrogens (tertiary/aromatic N) is 4. The number of nitrogens with one attached hydrogen (secondary N) is 4. The summed E-state index contributed by atoms with van der Waals surface area (Å²) in [6.45, 7) is 8.65. The summed E-state index contributed by atoms with van der Waals surface area (Å²) in [5, 5.41) is 58.5. The lowest BCUT2D eigenvalue weighted by molar-refractivity contribution is -0.385. The van der Waals surface area contributed by atoms with Crippen LogP contribution in [-0.4, -0.2) is 69.7 Å². The lowest BCUT2D eigenvalue weighted by Crippen LogP contribution is -2.16. The van der Waals surface area contributed by atoms with E-state index >= 15 is 0 Å². The van der Waals surface area contributed by atoms with E-state index in [-0.39, 0.29) is 120 Å². The van der Waals surface area contributed by atoms with Crippen molar-refractivity contribution in [3.8, 4) is 23.0 Å². The normalized spacial score (nSPS) is 11.5. The van der Waals surface area contributed by atoms with Gasteiger partial charge in [-0.2, -0.15) is 0 Å². The van der Waals surface area contributed by atoms with Crippen LogP contribution in [0.15, 0.2) is 146 Å². The minimum absolute atomic E-state index is 0.00608. The Balaban J connectivity index is 1.33. The zero-order chi connectivity index (χ0) is 65.6. The molecule has 0 saturated carbocycles. The van der Waals surface area contributed by atoms with Crippen LogP contribution in [0.4, 0.5) is 45.5 Å². The third-order valence-electron chi connectivity index (χ3n) is 14.7. The first-order chi connectivity index (χ1) is 44.3. The fourth-order valence-electron chi connectivity index (χ4n) is 10.5. The number of benzene rings is 8. The minimum atomic E-state index is -0.595. The van der Waals surface area contributed by atoms with Crippen molar-refractivity contribution in [1.29, 1.82) is 0 Å². The van der Waals surface area contributed by atoms with Crippen molar-refractivity contribution >= 4 is 69.1 Å². The molecule has 4 N–H and O–H groups in total. The number of rotatable bonds is 24. The van der Waals surface area contributed by atoms with Crippen molar-refractivity contribution in [1.82, 2.24) is 0 Å². The topological polar surface area (TPSA) is 326 Å². The van der Waals surface area contributed by atoms with Gasteiger partial charge in [-0.1, -0.05) is 27.7 Å². The zero-order valence-corrected chi connectivity index (χ0v) is 50.7. The van der Waals surface area contributed by atoms with Gasteiger partial charge in [0.05, 0.1) is 46.1 Å². The highest BCUT2D eigenvalue weighted by molar-refractivity contribution is 6.07. The van der Waals surface area contributed by atoms with Gasteiger partial charge in [0.1, 0.15) is 23.0 Å². The number of nitro benzene ring substituents is 4. The maximum absolute atomic E-state index is 14.3. The Labute approximate surface area is 527 Å². The van der Waals surface area contributed by atoms with E-state index in [2.05, 4.69) is 21.3 Å². The average molecular weight is 1250 g/mol. The number of nitro groups is 4. The SMILES string of the molecule is CCCOc1c2cc(NC(=O)c3ccc([N+](=O)[O-])cc3)cc1Cc1cc(NC(=O)c3ccc([N+](=O)[O-])cc3)cc(c1OCCC)Cc1cc(NC(=O)c3ccc([N+](=O)[O-])cc3)cc(c1OCCC)Cc1cc(NC(=O)c3ccc([N+](=O)[O-])cc3)cc(c1OCCC)C2. The largest absolute Gasteiger partial charge is 0.493 e. The Morgan fingerprint density at radius 1 is 0.315 bits per heavy atom. The molecule has 0 heterocycles. The number of ether oxygens (including phenoxy) is 4. The number of carbonyl (C=O) groups is 4. The summed E-state index contributed by atoms with van der Waals surface area (Å²) in [6, 6.07) is 34.5. The Hall–Kier alpha value is -11.6. The fourth-order valence-corrected chi connectivity index (χ4v) is 10.5. The molecule has 92 heavy (non-hydrogen) atoms. The number of non-ortho nitro benzene ring substituents is 4. The van der Waals surface area contributed by atoms with Crippen LogP contribution in [0.25, 0.3) is 0 Å². The first-order valence-corrected chi connectivity index (χ1v) is 29.7. The molecular weight excluding hydrogens is 1180 g/mol. The first kappa shape index (κ1) is 64.9. The van der Waals surface area contributed by atoms with Gasteiger partial charge in [0.2, 0.25) is 0 Å². The number of hydrogen-bond donors (Lipinski definition) is 4. The molecule has 4 amide bonds. The highest BCUT2D eigenvalue weighted by Crippen LogP contribution is 2.43. The van der Waals surface area contributed by atoms with Crippen molar-refractivity contribution in [3.63, 3.8) is 0 Å². The van der Waals surface area contributed by atoms with Crippen molar-refractivity contribution in [2.24, 2.45) is 0 Å². The Morgan fingerprint density at radius 2 is 0.478 bits per heavy atom. The first-order valence-electron chi connectivity index (χ1n) is 29.7. The van der Waals surface area contributed by atoms with Crippen LogP contribution in [0, 0.1) is 40.5 Å². The van der Waals surface area contributed by atoms with Gasteiger partial charge in [-0.25, -0.2) is 0 Å². The molecule has 472 valence electrons. The molecule has 24 nitrogen and oxygen atoms in total. The van der Waals surface area contributed by atoms with Crippen LogP contribution in [-0.2, 0) is 25.7 Å². The monoisotopic (exact) mass is 1250 g/mol. The number of carbonyl (C=O) groups excluding carboxylic acids is 4. The lowest BCUT2D eigenvalue weighted by atomic mass is 9.90. The van der Waals surface area contributed by atoms with Gasteiger partial charge < -0.3 is 40.2 Å². The van der Waals surface area contributed by atoms with Gasteiger partial charge in [-0.3, -0.25) is 59.6 Å². The van der Waals surface area contributed by atoms with Crippen molar-refractivity contribution < 1.29 is 57.8 Å². The molecule has 24 heteroatoms. The summed E-state index contributed by atoms with van der Waals surface area (Å²) in [6.07, 6.45) is 2.27. The standard InChI is InChI=1S/C68H64N8O16/c1-5-25-89-61-45-29-47-35-54(70-66(78)42-11-19-58(20-12-42)74(83)84)37-49(62(47)90-26-6-2)31-51-39-56(72-68(80)44-15-23-60(24-16-44)76(87)88)40-52(64(51)92-28-8-4)32-50-38-55(71-67(79)43-13-21-59(22-14-43)75(85)86)36-48(63(50)91-27-7-3)30-46(61)34-53(33-45)69-65(77)41-9-17-57(18-10-41)73(81)82/h9-24,33-40H,5-8,25-32H2,1-4H3,(H,69,77)(H,70,78)(H,71,79)(H,72,80). The molecule has 8 aromatic carbocycles. The molecule has 0 atom stereocenters. The van der Waals surface area contributed by atoms with Gasteiger partial charge in [-0.05, 0) is 123 Å². The van der Waals surface area contributed by atoms with E-state index in [0.29, 0.717) is 93.2 Å². The van der Waals surface area contributed by atoms with Crippen molar-refractivity contribution in [2.75, 3.05) is 47.7 Å². The highest BCUT2D eigenvalue weighted by atomic mass is 16.6. The summed E-state index contributed by atoms with van der Waals surface area (Å²) in [5.74, 6) is -0.741. The summed E-state index contributed by atoms with van der Waals surface area (Å²) in [7, 11) is 0. The predicted molar refractivity (Wildman–Crippen MR) is 344 cm³/mol. The second-order valence-corrected chi connectivity index (χ2v) is 21.6. The molecule has 0 saturated heterocycles. The van der Waals surface area contributed by atoms with Crippen LogP contribution in [0.2, 0.25) is 0 Å². The van der Waals surface area contributed by atoms with Gasteiger partial charge in [0.15, 0.2) is 0 Å². The molecule has 0 aromatic heterocycles. The molecule has 8 aromatic rings. The summed E-state index contributed by atoms with van der Waals surface area (Å²) >= 11 is 0. The second kappa shape index (κ2) is 29.6. The molecule has 1 aliphatic rings. The van der Waals surface area contributed by atoms with E-state index in [1.54, 1.807) is 48.5 Å². The molecule has 8 bridgehead atoms. The predicted octanol–water partition coefficient (Wildman–Crippen LogP) is 14.2. The summed E-state index contributed by atoms with van der Waals surface area (Å²) in [4.78, 5) is 101.